The van der Waals surface area contributed by atoms with Crippen molar-refractivity contribution in [3.63, 3.8) is 0 Å². The number of thioether (sulfide) groups is 1. The van der Waals surface area contributed by atoms with E-state index in [1.54, 1.807) is 11.8 Å². The molecule has 114 valence electrons. The summed E-state index contributed by atoms with van der Waals surface area (Å²) in [5.74, 6) is 2.49. The van der Waals surface area contributed by atoms with Gasteiger partial charge >= 0.3 is 0 Å². The summed E-state index contributed by atoms with van der Waals surface area (Å²) in [6.07, 6.45) is 0. The standard InChI is InChI=1S/C15H20BrN3OS/c1-9(2)14(10(3)17)15-18-13(19-20-15)8-21-12-7-5-4-6-11(12)16/h4-7,9-10,14H,8,17H2,1-3H3. The highest BCUT2D eigenvalue weighted by molar-refractivity contribution is 9.10. The maximum Gasteiger partial charge on any atom is 0.231 e. The molecule has 0 spiro atoms. The Balaban J connectivity index is 2.05. The summed E-state index contributed by atoms with van der Waals surface area (Å²) in [6.45, 7) is 6.21. The van der Waals surface area contributed by atoms with E-state index in [2.05, 4.69) is 46.0 Å². The van der Waals surface area contributed by atoms with Gasteiger partial charge in [0.2, 0.25) is 5.89 Å². The van der Waals surface area contributed by atoms with E-state index in [0.717, 1.165) is 9.37 Å². The molecule has 2 rings (SSSR count). The molecule has 6 heteroatoms. The van der Waals surface area contributed by atoms with Gasteiger partial charge in [0.25, 0.3) is 0 Å². The molecule has 0 saturated carbocycles. The SMILES string of the molecule is CC(C)C(c1nc(CSc2ccccc2Br)no1)C(C)N. The molecule has 0 bridgehead atoms. The minimum Gasteiger partial charge on any atom is -0.339 e. The Morgan fingerprint density at radius 1 is 1.29 bits per heavy atom. The van der Waals surface area contributed by atoms with Gasteiger partial charge in [0.05, 0.1) is 11.7 Å². The summed E-state index contributed by atoms with van der Waals surface area (Å²) in [7, 11) is 0. The lowest BCUT2D eigenvalue weighted by molar-refractivity contribution is 0.299. The van der Waals surface area contributed by atoms with Gasteiger partial charge in [0.15, 0.2) is 5.82 Å². The number of halogens is 1. The van der Waals surface area contributed by atoms with Crippen LogP contribution in [0.25, 0.3) is 0 Å². The van der Waals surface area contributed by atoms with Crippen LogP contribution < -0.4 is 5.73 Å². The number of hydrogen-bond donors (Lipinski definition) is 1. The van der Waals surface area contributed by atoms with Crippen LogP contribution in [0.3, 0.4) is 0 Å². The van der Waals surface area contributed by atoms with Gasteiger partial charge in [-0.05, 0) is 40.9 Å². The van der Waals surface area contributed by atoms with Crippen molar-refractivity contribution in [1.82, 2.24) is 10.1 Å². The summed E-state index contributed by atoms with van der Waals surface area (Å²) in [5.41, 5.74) is 6.02. The normalized spacial score (nSPS) is 14.4. The monoisotopic (exact) mass is 369 g/mol. The average molecular weight is 370 g/mol. The highest BCUT2D eigenvalue weighted by Gasteiger charge is 2.26. The predicted molar refractivity (Wildman–Crippen MR) is 89.2 cm³/mol. The van der Waals surface area contributed by atoms with E-state index >= 15 is 0 Å². The molecule has 0 aliphatic rings. The Bertz CT molecular complexity index is 578. The second-order valence-electron chi connectivity index (χ2n) is 5.40. The maximum absolute atomic E-state index is 6.02. The second-order valence-corrected chi connectivity index (χ2v) is 7.27. The zero-order chi connectivity index (χ0) is 15.4. The number of benzene rings is 1. The fourth-order valence-electron chi connectivity index (χ4n) is 2.28. The molecular formula is C15H20BrN3OS. The van der Waals surface area contributed by atoms with Crippen molar-refractivity contribution in [3.05, 3.63) is 40.5 Å². The van der Waals surface area contributed by atoms with Crippen molar-refractivity contribution in [1.29, 1.82) is 0 Å². The molecule has 21 heavy (non-hydrogen) atoms. The number of hydrogen-bond acceptors (Lipinski definition) is 5. The Kier molecular flexibility index (Phi) is 5.84. The number of rotatable bonds is 6. The molecule has 0 aliphatic heterocycles. The summed E-state index contributed by atoms with van der Waals surface area (Å²) in [5, 5.41) is 4.07. The largest absolute Gasteiger partial charge is 0.339 e. The predicted octanol–water partition coefficient (Wildman–Crippen LogP) is 4.21. The lowest BCUT2D eigenvalue weighted by atomic mass is 9.90. The van der Waals surface area contributed by atoms with E-state index in [1.165, 1.54) is 0 Å². The minimum atomic E-state index is -0.00535. The van der Waals surface area contributed by atoms with Crippen molar-refractivity contribution in [3.8, 4) is 0 Å². The third-order valence-corrected chi connectivity index (χ3v) is 5.27. The van der Waals surface area contributed by atoms with E-state index in [9.17, 15) is 0 Å². The van der Waals surface area contributed by atoms with Crippen molar-refractivity contribution in [2.75, 3.05) is 0 Å². The van der Waals surface area contributed by atoms with Gasteiger partial charge in [-0.15, -0.1) is 11.8 Å². The van der Waals surface area contributed by atoms with Crippen molar-refractivity contribution >= 4 is 27.7 Å². The van der Waals surface area contributed by atoms with E-state index < -0.39 is 0 Å². The molecule has 0 radical (unpaired) electrons. The fraction of sp³-hybridized carbons (Fsp3) is 0.467. The second kappa shape index (κ2) is 7.42. The Labute approximate surface area is 138 Å². The highest BCUT2D eigenvalue weighted by Crippen LogP contribution is 2.30. The van der Waals surface area contributed by atoms with E-state index in [4.69, 9.17) is 10.3 Å². The van der Waals surface area contributed by atoms with Crippen LogP contribution in [-0.2, 0) is 5.75 Å². The van der Waals surface area contributed by atoms with Crippen molar-refractivity contribution in [2.45, 2.75) is 43.4 Å². The van der Waals surface area contributed by atoms with Gasteiger partial charge in [0.1, 0.15) is 0 Å². The Morgan fingerprint density at radius 2 is 2.00 bits per heavy atom. The molecule has 2 aromatic rings. The molecule has 1 aromatic carbocycles. The molecule has 0 fully saturated rings. The first kappa shape index (κ1) is 16.5. The Hall–Kier alpha value is -0.850. The molecule has 2 unspecified atom stereocenters. The van der Waals surface area contributed by atoms with Gasteiger partial charge in [-0.25, -0.2) is 0 Å². The number of aromatic nitrogens is 2. The molecular weight excluding hydrogens is 350 g/mol. The Morgan fingerprint density at radius 3 is 2.62 bits per heavy atom. The molecule has 0 amide bonds. The van der Waals surface area contributed by atoms with Gasteiger partial charge in [-0.1, -0.05) is 31.1 Å². The van der Waals surface area contributed by atoms with E-state index in [1.807, 2.05) is 25.1 Å². The molecule has 4 nitrogen and oxygen atoms in total. The lowest BCUT2D eigenvalue weighted by Gasteiger charge is -2.20. The van der Waals surface area contributed by atoms with Crippen LogP contribution in [0, 0.1) is 5.92 Å². The summed E-state index contributed by atoms with van der Waals surface area (Å²) in [4.78, 5) is 5.67. The molecule has 0 aliphatic carbocycles. The van der Waals surface area contributed by atoms with Gasteiger partial charge < -0.3 is 10.3 Å². The lowest BCUT2D eigenvalue weighted by Crippen LogP contribution is -2.28. The van der Waals surface area contributed by atoms with Crippen LogP contribution in [0.1, 0.15) is 38.4 Å². The summed E-state index contributed by atoms with van der Waals surface area (Å²) < 4.78 is 6.48. The maximum atomic E-state index is 6.02. The van der Waals surface area contributed by atoms with Crippen LogP contribution in [0.5, 0.6) is 0 Å². The zero-order valence-corrected chi connectivity index (χ0v) is 14.8. The van der Waals surface area contributed by atoms with Gasteiger partial charge in [0, 0.05) is 15.4 Å². The smallest absolute Gasteiger partial charge is 0.231 e. The molecule has 2 N–H and O–H groups in total. The molecule has 2 atom stereocenters. The molecule has 0 saturated heterocycles. The van der Waals surface area contributed by atoms with Gasteiger partial charge in [-0.2, -0.15) is 4.98 Å². The van der Waals surface area contributed by atoms with Crippen LogP contribution in [-0.4, -0.2) is 16.2 Å². The highest BCUT2D eigenvalue weighted by atomic mass is 79.9. The van der Waals surface area contributed by atoms with Crippen LogP contribution in [0.4, 0.5) is 0 Å². The summed E-state index contributed by atoms with van der Waals surface area (Å²) >= 11 is 5.21. The number of nitrogens with two attached hydrogens (primary N) is 1. The van der Waals surface area contributed by atoms with E-state index in [0.29, 0.717) is 23.4 Å². The van der Waals surface area contributed by atoms with Crippen molar-refractivity contribution < 1.29 is 4.52 Å². The quantitative estimate of drug-likeness (QED) is 0.772. The van der Waals surface area contributed by atoms with Crippen molar-refractivity contribution in [2.24, 2.45) is 11.7 Å². The van der Waals surface area contributed by atoms with Crippen LogP contribution >= 0.6 is 27.7 Å². The summed E-state index contributed by atoms with van der Waals surface area (Å²) in [6, 6.07) is 8.09. The topological polar surface area (TPSA) is 64.9 Å². The van der Waals surface area contributed by atoms with E-state index in [-0.39, 0.29) is 12.0 Å². The van der Waals surface area contributed by atoms with Crippen LogP contribution in [0.15, 0.2) is 38.2 Å². The fourth-order valence-corrected chi connectivity index (χ4v) is 3.69. The first-order chi connectivity index (χ1) is 9.99. The molecule has 1 aromatic heterocycles. The first-order valence-corrected chi connectivity index (χ1v) is 8.72. The average Bonchev–Trinajstić information content (AvgIpc) is 2.85. The molecule has 1 heterocycles. The third-order valence-electron chi connectivity index (χ3n) is 3.25. The third kappa shape index (κ3) is 4.31. The van der Waals surface area contributed by atoms with Gasteiger partial charge in [-0.3, -0.25) is 0 Å². The van der Waals surface area contributed by atoms with Crippen LogP contribution in [0.2, 0.25) is 0 Å². The number of nitrogens with zero attached hydrogens (tertiary/aromatic N) is 2. The minimum absolute atomic E-state index is 0.00535. The zero-order valence-electron chi connectivity index (χ0n) is 12.4. The first-order valence-electron chi connectivity index (χ1n) is 6.94.